The van der Waals surface area contributed by atoms with Crippen LogP contribution in [-0.4, -0.2) is 9.97 Å². The largest absolute Gasteiger partial charge is 0.389 e. The fraction of sp³-hybridized carbons (Fsp3) is 0.429. The molecule has 94 valence electrons. The molecular weight excluding hydrogens is 242 g/mol. The molecule has 3 nitrogen and oxygen atoms in total. The quantitative estimate of drug-likeness (QED) is 0.893. The molecule has 0 aliphatic heterocycles. The minimum atomic E-state index is 0.629. The van der Waals surface area contributed by atoms with Crippen LogP contribution in [0.1, 0.15) is 42.3 Å². The fourth-order valence-corrected chi connectivity index (χ4v) is 3.54. The van der Waals surface area contributed by atoms with Gasteiger partial charge in [-0.05, 0) is 31.9 Å². The van der Waals surface area contributed by atoms with Crippen molar-refractivity contribution in [3.63, 3.8) is 0 Å². The monoisotopic (exact) mass is 259 g/mol. The predicted molar refractivity (Wildman–Crippen MR) is 75.7 cm³/mol. The summed E-state index contributed by atoms with van der Waals surface area (Å²) in [5, 5.41) is 2.03. The molecule has 18 heavy (non-hydrogen) atoms. The Kier molecular flexibility index (Phi) is 3.04. The van der Waals surface area contributed by atoms with Crippen LogP contribution in [0.3, 0.4) is 0 Å². The van der Waals surface area contributed by atoms with Crippen molar-refractivity contribution in [2.45, 2.75) is 38.5 Å². The number of anilines is 1. The first-order valence-electron chi connectivity index (χ1n) is 6.43. The average Bonchev–Trinajstić information content (AvgIpc) is 2.99. The van der Waals surface area contributed by atoms with Gasteiger partial charge >= 0.3 is 0 Å². The minimum Gasteiger partial charge on any atom is -0.389 e. The second-order valence-electron chi connectivity index (χ2n) is 4.93. The number of nitrogen functional groups attached to an aromatic ring is 1. The van der Waals surface area contributed by atoms with Gasteiger partial charge in [-0.1, -0.05) is 12.8 Å². The predicted octanol–water partition coefficient (Wildman–Crippen LogP) is 3.75. The van der Waals surface area contributed by atoms with Crippen molar-refractivity contribution >= 4 is 16.3 Å². The van der Waals surface area contributed by atoms with Crippen LogP contribution in [0.25, 0.3) is 11.3 Å². The molecule has 1 saturated carbocycles. The Hall–Kier alpha value is -1.42. The molecule has 3 rings (SSSR count). The van der Waals surface area contributed by atoms with Crippen molar-refractivity contribution in [1.29, 1.82) is 0 Å². The summed E-state index contributed by atoms with van der Waals surface area (Å²) in [6, 6.07) is 4.05. The van der Waals surface area contributed by atoms with Gasteiger partial charge in [0, 0.05) is 23.4 Å². The van der Waals surface area contributed by atoms with Gasteiger partial charge in [-0.15, -0.1) is 11.3 Å². The number of aryl methyl sites for hydroxylation is 1. The fourth-order valence-electron chi connectivity index (χ4n) is 2.51. The standard InChI is InChI=1S/C14H17N3S/c1-9-6-7-11(8-16-9)12-13(15)18-14(17-12)10-4-2-3-5-10/h6-8,10H,2-5,15H2,1H3. The lowest BCUT2D eigenvalue weighted by Crippen LogP contribution is -1.91. The molecule has 0 unspecified atom stereocenters. The van der Waals surface area contributed by atoms with E-state index in [1.165, 1.54) is 30.7 Å². The topological polar surface area (TPSA) is 51.8 Å². The van der Waals surface area contributed by atoms with Gasteiger partial charge in [-0.25, -0.2) is 4.98 Å². The van der Waals surface area contributed by atoms with Crippen LogP contribution in [-0.2, 0) is 0 Å². The van der Waals surface area contributed by atoms with E-state index < -0.39 is 0 Å². The van der Waals surface area contributed by atoms with Crippen LogP contribution in [0.5, 0.6) is 0 Å². The number of pyridine rings is 1. The SMILES string of the molecule is Cc1ccc(-c2nc(C3CCCC3)sc2N)cn1. The summed E-state index contributed by atoms with van der Waals surface area (Å²) in [5.74, 6) is 0.629. The van der Waals surface area contributed by atoms with Gasteiger partial charge in [0.05, 0.1) is 5.01 Å². The average molecular weight is 259 g/mol. The summed E-state index contributed by atoms with van der Waals surface area (Å²) in [6.07, 6.45) is 7.04. The van der Waals surface area contributed by atoms with E-state index >= 15 is 0 Å². The first kappa shape index (κ1) is 11.7. The highest BCUT2D eigenvalue weighted by Gasteiger charge is 2.22. The molecule has 2 heterocycles. The summed E-state index contributed by atoms with van der Waals surface area (Å²) < 4.78 is 0. The summed E-state index contributed by atoms with van der Waals surface area (Å²) in [6.45, 7) is 1.98. The van der Waals surface area contributed by atoms with E-state index in [1.54, 1.807) is 11.3 Å². The van der Waals surface area contributed by atoms with Crippen molar-refractivity contribution in [2.24, 2.45) is 0 Å². The lowest BCUT2D eigenvalue weighted by Gasteiger charge is -2.02. The number of thiazole rings is 1. The molecule has 0 saturated heterocycles. The van der Waals surface area contributed by atoms with Crippen LogP contribution in [0, 0.1) is 6.92 Å². The zero-order chi connectivity index (χ0) is 12.5. The highest BCUT2D eigenvalue weighted by Crippen LogP contribution is 2.40. The molecule has 1 aliphatic rings. The number of hydrogen-bond donors (Lipinski definition) is 1. The third kappa shape index (κ3) is 2.12. The van der Waals surface area contributed by atoms with Gasteiger partial charge in [0.15, 0.2) is 0 Å². The molecule has 0 amide bonds. The Bertz CT molecular complexity index is 539. The van der Waals surface area contributed by atoms with Crippen LogP contribution in [0.4, 0.5) is 5.00 Å². The molecule has 0 spiro atoms. The minimum absolute atomic E-state index is 0.629. The van der Waals surface area contributed by atoms with Crippen LogP contribution in [0.2, 0.25) is 0 Å². The Labute approximate surface area is 111 Å². The molecule has 1 aliphatic carbocycles. The normalized spacial score (nSPS) is 16.3. The van der Waals surface area contributed by atoms with Crippen LogP contribution >= 0.6 is 11.3 Å². The van der Waals surface area contributed by atoms with Crippen molar-refractivity contribution in [1.82, 2.24) is 9.97 Å². The molecule has 0 aromatic carbocycles. The molecule has 0 radical (unpaired) electrons. The third-order valence-electron chi connectivity index (χ3n) is 3.56. The second kappa shape index (κ2) is 4.69. The lowest BCUT2D eigenvalue weighted by molar-refractivity contribution is 0.717. The highest BCUT2D eigenvalue weighted by molar-refractivity contribution is 7.16. The Morgan fingerprint density at radius 3 is 2.72 bits per heavy atom. The summed E-state index contributed by atoms with van der Waals surface area (Å²) >= 11 is 1.65. The Morgan fingerprint density at radius 1 is 1.28 bits per heavy atom. The Morgan fingerprint density at radius 2 is 2.06 bits per heavy atom. The first-order valence-corrected chi connectivity index (χ1v) is 7.25. The molecule has 0 bridgehead atoms. The van der Waals surface area contributed by atoms with Gasteiger partial charge in [0.2, 0.25) is 0 Å². The van der Waals surface area contributed by atoms with E-state index in [4.69, 9.17) is 10.7 Å². The van der Waals surface area contributed by atoms with E-state index in [0.717, 1.165) is 22.0 Å². The van der Waals surface area contributed by atoms with Gasteiger partial charge < -0.3 is 5.73 Å². The van der Waals surface area contributed by atoms with E-state index in [9.17, 15) is 0 Å². The molecule has 1 fully saturated rings. The van der Waals surface area contributed by atoms with Crippen molar-refractivity contribution in [3.05, 3.63) is 29.0 Å². The van der Waals surface area contributed by atoms with E-state index in [0.29, 0.717) is 5.92 Å². The molecule has 4 heteroatoms. The number of nitrogens with two attached hydrogens (primary N) is 1. The second-order valence-corrected chi connectivity index (χ2v) is 6.00. The van der Waals surface area contributed by atoms with Crippen LogP contribution < -0.4 is 5.73 Å². The van der Waals surface area contributed by atoms with E-state index in [1.807, 2.05) is 25.3 Å². The van der Waals surface area contributed by atoms with E-state index in [-0.39, 0.29) is 0 Å². The van der Waals surface area contributed by atoms with Gasteiger partial charge in [0.25, 0.3) is 0 Å². The number of rotatable bonds is 2. The maximum atomic E-state index is 6.11. The first-order chi connectivity index (χ1) is 8.74. The number of hydrogen-bond acceptors (Lipinski definition) is 4. The van der Waals surface area contributed by atoms with E-state index in [2.05, 4.69) is 4.98 Å². The van der Waals surface area contributed by atoms with Crippen molar-refractivity contribution in [3.8, 4) is 11.3 Å². The zero-order valence-corrected chi connectivity index (χ0v) is 11.3. The molecule has 2 N–H and O–H groups in total. The zero-order valence-electron chi connectivity index (χ0n) is 10.5. The maximum Gasteiger partial charge on any atom is 0.114 e. The van der Waals surface area contributed by atoms with Gasteiger partial charge in [-0.2, -0.15) is 0 Å². The molecular formula is C14H17N3S. The Balaban J connectivity index is 1.94. The van der Waals surface area contributed by atoms with Crippen molar-refractivity contribution in [2.75, 3.05) is 5.73 Å². The van der Waals surface area contributed by atoms with Gasteiger partial charge in [0.1, 0.15) is 10.7 Å². The van der Waals surface area contributed by atoms with Crippen molar-refractivity contribution < 1.29 is 0 Å². The maximum absolute atomic E-state index is 6.11. The summed E-state index contributed by atoms with van der Waals surface area (Å²) in [7, 11) is 0. The molecule has 2 aromatic heterocycles. The number of nitrogens with zero attached hydrogens (tertiary/aromatic N) is 2. The molecule has 0 atom stereocenters. The summed E-state index contributed by atoms with van der Waals surface area (Å²) in [4.78, 5) is 9.06. The number of aromatic nitrogens is 2. The third-order valence-corrected chi connectivity index (χ3v) is 4.61. The van der Waals surface area contributed by atoms with Gasteiger partial charge in [-0.3, -0.25) is 4.98 Å². The molecule has 2 aromatic rings. The summed E-state index contributed by atoms with van der Waals surface area (Å²) in [5.41, 5.74) is 9.06. The van der Waals surface area contributed by atoms with Crippen LogP contribution in [0.15, 0.2) is 18.3 Å². The smallest absolute Gasteiger partial charge is 0.114 e. The highest BCUT2D eigenvalue weighted by atomic mass is 32.1. The lowest BCUT2D eigenvalue weighted by atomic mass is 10.1.